The summed E-state index contributed by atoms with van der Waals surface area (Å²) in [7, 11) is 1.33. The Morgan fingerprint density at radius 3 is 2.88 bits per heavy atom. The summed E-state index contributed by atoms with van der Waals surface area (Å²) in [6.07, 6.45) is 4.02. The van der Waals surface area contributed by atoms with E-state index in [9.17, 15) is 18.4 Å². The number of nitrogens with zero attached hydrogens (tertiary/aromatic N) is 1. The van der Waals surface area contributed by atoms with Gasteiger partial charge in [-0.15, -0.1) is 11.3 Å². The van der Waals surface area contributed by atoms with Crippen molar-refractivity contribution in [2.75, 3.05) is 20.3 Å². The molecule has 0 unspecified atom stereocenters. The number of benzene rings is 1. The first-order valence-electron chi connectivity index (χ1n) is 10.3. The predicted molar refractivity (Wildman–Crippen MR) is 130 cm³/mol. The largest absolute Gasteiger partial charge is 0.465 e. The van der Waals surface area contributed by atoms with Crippen molar-refractivity contribution in [3.8, 4) is 0 Å². The third kappa shape index (κ3) is 6.86. The fraction of sp³-hybridized carbons (Fsp3) is 0.391. The van der Waals surface area contributed by atoms with Crippen LogP contribution in [0.15, 0.2) is 51.4 Å². The average molecular weight is 607 g/mol. The third-order valence-corrected chi connectivity index (χ3v) is 7.84. The number of alkyl halides is 2. The van der Waals surface area contributed by atoms with Gasteiger partial charge in [-0.05, 0) is 47.0 Å². The number of hydrogen-bond donors (Lipinski definition) is 0. The van der Waals surface area contributed by atoms with Gasteiger partial charge in [0, 0.05) is 38.8 Å². The van der Waals surface area contributed by atoms with Crippen LogP contribution in [0.1, 0.15) is 39.4 Å². The number of allylic oxidation sites excluding steroid dienone is 1. The summed E-state index contributed by atoms with van der Waals surface area (Å²) in [5, 5.41) is 0. The Balaban J connectivity index is 1.60. The average Bonchev–Trinajstić information content (AvgIpc) is 3.15. The van der Waals surface area contributed by atoms with Gasteiger partial charge in [-0.25, -0.2) is 18.4 Å². The Kier molecular flexibility index (Phi) is 9.06. The molecule has 2 aromatic rings. The van der Waals surface area contributed by atoms with Crippen LogP contribution < -0.4 is 0 Å². The molecule has 1 aromatic carbocycles. The summed E-state index contributed by atoms with van der Waals surface area (Å²) >= 11 is 8.01. The Morgan fingerprint density at radius 2 is 2.15 bits per heavy atom. The highest BCUT2D eigenvalue weighted by Gasteiger charge is 2.31. The molecule has 1 amide bonds. The topological polar surface area (TPSA) is 55.8 Å². The molecule has 0 N–H and O–H groups in total. The van der Waals surface area contributed by atoms with Crippen molar-refractivity contribution in [2.24, 2.45) is 0 Å². The van der Waals surface area contributed by atoms with E-state index in [2.05, 4.69) is 31.9 Å². The summed E-state index contributed by atoms with van der Waals surface area (Å²) in [5.41, 5.74) is -0.0608. The van der Waals surface area contributed by atoms with Gasteiger partial charge in [0.15, 0.2) is 0 Å². The van der Waals surface area contributed by atoms with Crippen LogP contribution in [0.5, 0.6) is 0 Å². The van der Waals surface area contributed by atoms with Crippen LogP contribution in [0.25, 0.3) is 0 Å². The smallest absolute Gasteiger partial charge is 0.410 e. The number of carbonyl (C=O) groups excluding carboxylic acids is 2. The SMILES string of the molecule is COC(=O)c1cc(Br)c(CCCN2C(=O)OCC[C@@H]2/C=C/CC(F)(F)c2cccc(Br)c2)s1. The molecule has 5 nitrogen and oxygen atoms in total. The first-order chi connectivity index (χ1) is 15.7. The van der Waals surface area contributed by atoms with Gasteiger partial charge in [0.2, 0.25) is 0 Å². The normalized spacial score (nSPS) is 16.8. The second-order valence-electron chi connectivity index (χ2n) is 7.49. The zero-order chi connectivity index (χ0) is 24.0. The number of rotatable bonds is 9. The van der Waals surface area contributed by atoms with Crippen LogP contribution in [-0.2, 0) is 21.8 Å². The van der Waals surface area contributed by atoms with Gasteiger partial charge in [-0.1, -0.05) is 40.2 Å². The fourth-order valence-corrected chi connectivity index (χ4v) is 5.73. The van der Waals surface area contributed by atoms with Crippen LogP contribution in [0.3, 0.4) is 0 Å². The van der Waals surface area contributed by atoms with E-state index in [-0.39, 0.29) is 18.2 Å². The molecule has 1 aliphatic heterocycles. The highest BCUT2D eigenvalue weighted by Crippen LogP contribution is 2.34. The van der Waals surface area contributed by atoms with E-state index < -0.39 is 24.4 Å². The Morgan fingerprint density at radius 1 is 1.36 bits per heavy atom. The number of cyclic esters (lactones) is 1. The van der Waals surface area contributed by atoms with Crippen LogP contribution in [0.2, 0.25) is 0 Å². The summed E-state index contributed by atoms with van der Waals surface area (Å²) in [5.74, 6) is -3.40. The number of amides is 1. The van der Waals surface area contributed by atoms with Crippen LogP contribution in [0, 0.1) is 0 Å². The number of halogens is 4. The lowest BCUT2D eigenvalue weighted by Crippen LogP contribution is -2.45. The molecular formula is C23H23Br2F2NO4S. The summed E-state index contributed by atoms with van der Waals surface area (Å²) in [4.78, 5) is 27.1. The lowest BCUT2D eigenvalue weighted by atomic mass is 10.0. The van der Waals surface area contributed by atoms with Gasteiger partial charge in [-0.3, -0.25) is 0 Å². The van der Waals surface area contributed by atoms with Gasteiger partial charge in [0.05, 0.1) is 19.8 Å². The van der Waals surface area contributed by atoms with E-state index in [1.165, 1.54) is 36.7 Å². The minimum absolute atomic E-state index is 0.0608. The third-order valence-electron chi connectivity index (χ3n) is 5.20. The molecule has 1 atom stereocenters. The van der Waals surface area contributed by atoms with Crippen molar-refractivity contribution < 1.29 is 27.8 Å². The van der Waals surface area contributed by atoms with Crippen molar-refractivity contribution in [1.82, 2.24) is 4.90 Å². The lowest BCUT2D eigenvalue weighted by Gasteiger charge is -2.33. The van der Waals surface area contributed by atoms with E-state index in [0.29, 0.717) is 35.2 Å². The Labute approximate surface area is 212 Å². The Hall–Kier alpha value is -1.78. The molecule has 0 radical (unpaired) electrons. The molecule has 2 heterocycles. The number of aryl methyl sites for hydroxylation is 1. The maximum Gasteiger partial charge on any atom is 0.410 e. The number of carbonyl (C=O) groups is 2. The molecule has 0 spiro atoms. The van der Waals surface area contributed by atoms with E-state index in [4.69, 9.17) is 9.47 Å². The molecule has 178 valence electrons. The molecule has 10 heteroatoms. The maximum absolute atomic E-state index is 14.6. The van der Waals surface area contributed by atoms with Crippen molar-refractivity contribution in [1.29, 1.82) is 0 Å². The van der Waals surface area contributed by atoms with Crippen LogP contribution >= 0.6 is 43.2 Å². The van der Waals surface area contributed by atoms with Crippen molar-refractivity contribution in [2.45, 2.75) is 37.6 Å². The minimum atomic E-state index is -3.01. The first-order valence-corrected chi connectivity index (χ1v) is 12.7. The van der Waals surface area contributed by atoms with Gasteiger partial charge in [-0.2, -0.15) is 0 Å². The quantitative estimate of drug-likeness (QED) is 0.229. The molecule has 33 heavy (non-hydrogen) atoms. The molecule has 1 saturated heterocycles. The molecule has 1 aliphatic rings. The highest BCUT2D eigenvalue weighted by molar-refractivity contribution is 9.10. The van der Waals surface area contributed by atoms with Gasteiger partial charge >= 0.3 is 12.1 Å². The zero-order valence-electron chi connectivity index (χ0n) is 17.9. The lowest BCUT2D eigenvalue weighted by molar-refractivity contribution is -0.00126. The summed E-state index contributed by atoms with van der Waals surface area (Å²) in [6, 6.07) is 7.51. The van der Waals surface area contributed by atoms with E-state index >= 15 is 0 Å². The van der Waals surface area contributed by atoms with Gasteiger partial charge < -0.3 is 14.4 Å². The fourth-order valence-electron chi connectivity index (χ4n) is 3.49. The predicted octanol–water partition coefficient (Wildman–Crippen LogP) is 6.94. The highest BCUT2D eigenvalue weighted by atomic mass is 79.9. The van der Waals surface area contributed by atoms with Crippen molar-refractivity contribution in [3.05, 3.63) is 66.7 Å². The molecule has 0 aliphatic carbocycles. The minimum Gasteiger partial charge on any atom is -0.465 e. The van der Waals surface area contributed by atoms with Crippen molar-refractivity contribution in [3.63, 3.8) is 0 Å². The van der Waals surface area contributed by atoms with Crippen LogP contribution in [-0.4, -0.2) is 43.3 Å². The molecule has 1 fully saturated rings. The molecule has 1 aromatic heterocycles. The molecule has 0 saturated carbocycles. The maximum atomic E-state index is 14.6. The van der Waals surface area contributed by atoms with E-state index in [1.54, 1.807) is 29.2 Å². The number of thiophene rings is 1. The Bertz CT molecular complexity index is 1030. The summed E-state index contributed by atoms with van der Waals surface area (Å²) < 4.78 is 40.4. The van der Waals surface area contributed by atoms with E-state index in [1.807, 2.05) is 0 Å². The monoisotopic (exact) mass is 605 g/mol. The second kappa shape index (κ2) is 11.6. The van der Waals surface area contributed by atoms with Crippen LogP contribution in [0.4, 0.5) is 13.6 Å². The second-order valence-corrected chi connectivity index (χ2v) is 10.4. The molecule has 3 rings (SSSR count). The number of ether oxygens (including phenoxy) is 2. The van der Waals surface area contributed by atoms with E-state index in [0.717, 1.165) is 9.35 Å². The first kappa shape index (κ1) is 25.8. The molecular weight excluding hydrogens is 584 g/mol. The molecule has 0 bridgehead atoms. The number of methoxy groups -OCH3 is 1. The van der Waals surface area contributed by atoms with Crippen molar-refractivity contribution >= 4 is 55.3 Å². The zero-order valence-corrected chi connectivity index (χ0v) is 21.9. The van der Waals surface area contributed by atoms with Gasteiger partial charge in [0.1, 0.15) is 4.88 Å². The van der Waals surface area contributed by atoms with Gasteiger partial charge in [0.25, 0.3) is 5.92 Å². The standard InChI is InChI=1S/C23H23Br2F2NO4S/c1-31-21(29)20-14-18(25)19(33-20)8-4-11-28-17(9-12-32-22(28)30)7-3-10-23(26,27)15-5-2-6-16(24)13-15/h2-3,5-7,13-14,17H,4,8-12H2,1H3/b7-3+/t17-/m0/s1. The summed E-state index contributed by atoms with van der Waals surface area (Å²) in [6.45, 7) is 0.666. The number of esters is 1. The number of hydrogen-bond acceptors (Lipinski definition) is 5.